The third-order valence-corrected chi connectivity index (χ3v) is 6.42. The molecule has 35 heavy (non-hydrogen) atoms. The average molecular weight is 473 g/mol. The summed E-state index contributed by atoms with van der Waals surface area (Å²) in [5.74, 6) is 0.810. The molecule has 0 N–H and O–H groups in total. The summed E-state index contributed by atoms with van der Waals surface area (Å²) in [6.07, 6.45) is 1.80. The molecule has 10 heteroatoms. The Kier molecular flexibility index (Phi) is 5.89. The van der Waals surface area contributed by atoms with Crippen LogP contribution >= 0.6 is 0 Å². The van der Waals surface area contributed by atoms with Gasteiger partial charge in [-0.05, 0) is 67.1 Å². The van der Waals surface area contributed by atoms with E-state index in [-0.39, 0.29) is 22.2 Å². The van der Waals surface area contributed by atoms with Gasteiger partial charge >= 0.3 is 0 Å². The van der Waals surface area contributed by atoms with Crippen molar-refractivity contribution in [2.75, 3.05) is 31.1 Å². The summed E-state index contributed by atoms with van der Waals surface area (Å²) in [5, 5.41) is 24.9. The molecule has 10 nitrogen and oxygen atoms in total. The topological polar surface area (TPSA) is 106 Å². The molecule has 0 radical (unpaired) electrons. The number of tetrazole rings is 1. The minimum Gasteiger partial charge on any atom is -0.369 e. The fourth-order valence-corrected chi connectivity index (χ4v) is 4.65. The highest BCUT2D eigenvalue weighted by Crippen LogP contribution is 2.32. The number of aromatic nitrogens is 5. The lowest BCUT2D eigenvalue weighted by molar-refractivity contribution is -0.384. The van der Waals surface area contributed by atoms with Gasteiger partial charge in [-0.2, -0.15) is 0 Å². The summed E-state index contributed by atoms with van der Waals surface area (Å²) in [6, 6.07) is 17.0. The second-order valence-corrected chi connectivity index (χ2v) is 9.77. The predicted molar refractivity (Wildman–Crippen MR) is 133 cm³/mol. The Labute approximate surface area is 203 Å². The van der Waals surface area contributed by atoms with Crippen molar-refractivity contribution in [3.63, 3.8) is 0 Å². The fourth-order valence-electron chi connectivity index (χ4n) is 4.65. The van der Waals surface area contributed by atoms with Crippen LogP contribution in [0.2, 0.25) is 0 Å². The van der Waals surface area contributed by atoms with Crippen LogP contribution in [-0.4, -0.2) is 61.2 Å². The van der Waals surface area contributed by atoms with E-state index in [9.17, 15) is 10.1 Å². The number of hydrogen-bond donors (Lipinski definition) is 0. The van der Waals surface area contributed by atoms with E-state index >= 15 is 0 Å². The number of benzene rings is 2. The largest absolute Gasteiger partial charge is 0.369 e. The highest BCUT2D eigenvalue weighted by molar-refractivity contribution is 5.79. The summed E-state index contributed by atoms with van der Waals surface area (Å²) in [5.41, 5.74) is 2.90. The first-order chi connectivity index (χ1) is 16.8. The van der Waals surface area contributed by atoms with Crippen LogP contribution in [-0.2, 0) is 5.54 Å². The standard InChI is InChI=1S/C25H28N8O2/c1-25(2,3)32-24(27-28-29-32)23(19-6-11-22-18(17-19)5-4-12-26-22)31-15-13-30(14-16-31)20-7-9-21(10-8-20)33(34)35/h4-12,17,23H,13-16H2,1-3H3/t23-/m0/s1. The molecule has 0 spiro atoms. The molecule has 2 aromatic heterocycles. The molecule has 1 aliphatic rings. The molecular formula is C25H28N8O2. The maximum Gasteiger partial charge on any atom is 0.269 e. The number of rotatable bonds is 5. The van der Waals surface area contributed by atoms with Crippen molar-refractivity contribution in [1.82, 2.24) is 30.1 Å². The van der Waals surface area contributed by atoms with Crippen LogP contribution in [0, 0.1) is 10.1 Å². The maximum absolute atomic E-state index is 11.0. The number of nitro benzene ring substituents is 1. The molecule has 0 unspecified atom stereocenters. The van der Waals surface area contributed by atoms with E-state index in [2.05, 4.69) is 75.3 Å². The van der Waals surface area contributed by atoms with E-state index in [1.54, 1.807) is 18.3 Å². The monoisotopic (exact) mass is 472 g/mol. The molecule has 1 aliphatic heterocycles. The predicted octanol–water partition coefficient (Wildman–Crippen LogP) is 3.80. The van der Waals surface area contributed by atoms with Crippen molar-refractivity contribution in [1.29, 1.82) is 0 Å². The van der Waals surface area contributed by atoms with Crippen LogP contribution in [0.3, 0.4) is 0 Å². The second kappa shape index (κ2) is 9.03. The highest BCUT2D eigenvalue weighted by Gasteiger charge is 2.33. The lowest BCUT2D eigenvalue weighted by atomic mass is 9.99. The summed E-state index contributed by atoms with van der Waals surface area (Å²) in [7, 11) is 0. The number of fused-ring (bicyclic) bond motifs is 1. The molecule has 5 rings (SSSR count). The van der Waals surface area contributed by atoms with Crippen molar-refractivity contribution >= 4 is 22.3 Å². The van der Waals surface area contributed by atoms with Crippen molar-refractivity contribution in [3.8, 4) is 0 Å². The van der Waals surface area contributed by atoms with Crippen molar-refractivity contribution in [2.45, 2.75) is 32.4 Å². The molecule has 3 heterocycles. The Morgan fingerprint density at radius 3 is 2.43 bits per heavy atom. The van der Waals surface area contributed by atoms with Gasteiger partial charge < -0.3 is 4.90 Å². The van der Waals surface area contributed by atoms with Gasteiger partial charge in [0.25, 0.3) is 5.69 Å². The van der Waals surface area contributed by atoms with Gasteiger partial charge in [-0.1, -0.05) is 12.1 Å². The van der Waals surface area contributed by atoms with Gasteiger partial charge in [-0.3, -0.25) is 20.0 Å². The van der Waals surface area contributed by atoms with Crippen LogP contribution in [0.15, 0.2) is 60.8 Å². The number of nitro groups is 1. The van der Waals surface area contributed by atoms with Crippen LogP contribution in [0.5, 0.6) is 0 Å². The van der Waals surface area contributed by atoms with E-state index in [4.69, 9.17) is 0 Å². The number of pyridine rings is 1. The maximum atomic E-state index is 11.0. The Balaban J connectivity index is 1.46. The number of anilines is 1. The zero-order valence-corrected chi connectivity index (χ0v) is 20.1. The first kappa shape index (κ1) is 22.9. The minimum atomic E-state index is -0.370. The van der Waals surface area contributed by atoms with E-state index in [0.717, 1.165) is 54.2 Å². The molecule has 1 fully saturated rings. The Morgan fingerprint density at radius 1 is 1.00 bits per heavy atom. The zero-order valence-electron chi connectivity index (χ0n) is 20.1. The SMILES string of the molecule is CC(C)(C)n1nnnc1[C@H](c1ccc2ncccc2c1)N1CCN(c2ccc([N+](=O)[O-])cc2)CC1. The highest BCUT2D eigenvalue weighted by atomic mass is 16.6. The molecule has 1 saturated heterocycles. The van der Waals surface area contributed by atoms with E-state index in [1.165, 1.54) is 0 Å². The number of nitrogens with zero attached hydrogens (tertiary/aromatic N) is 8. The molecule has 2 aromatic carbocycles. The summed E-state index contributed by atoms with van der Waals surface area (Å²) in [6.45, 7) is 9.47. The van der Waals surface area contributed by atoms with Gasteiger partial charge in [0.15, 0.2) is 5.82 Å². The minimum absolute atomic E-state index is 0.104. The Bertz CT molecular complexity index is 1340. The molecule has 180 valence electrons. The first-order valence-electron chi connectivity index (χ1n) is 11.7. The summed E-state index contributed by atoms with van der Waals surface area (Å²) >= 11 is 0. The molecule has 1 atom stereocenters. The molecule has 0 bridgehead atoms. The van der Waals surface area contributed by atoms with Gasteiger partial charge in [0.05, 0.1) is 22.0 Å². The number of piperazine rings is 1. The van der Waals surface area contributed by atoms with Gasteiger partial charge in [-0.15, -0.1) is 5.10 Å². The van der Waals surface area contributed by atoms with Crippen molar-refractivity contribution < 1.29 is 4.92 Å². The van der Waals surface area contributed by atoms with Crippen LogP contribution in [0.1, 0.15) is 38.2 Å². The Hall–Kier alpha value is -3.92. The fraction of sp³-hybridized carbons (Fsp3) is 0.360. The van der Waals surface area contributed by atoms with Crippen molar-refractivity contribution in [3.05, 3.63) is 82.3 Å². The quantitative estimate of drug-likeness (QED) is 0.319. The lowest BCUT2D eigenvalue weighted by Gasteiger charge is -2.40. The van der Waals surface area contributed by atoms with Gasteiger partial charge in [0.2, 0.25) is 0 Å². The second-order valence-electron chi connectivity index (χ2n) is 9.77. The third kappa shape index (κ3) is 4.57. The molecule has 0 saturated carbocycles. The first-order valence-corrected chi connectivity index (χ1v) is 11.7. The lowest BCUT2D eigenvalue weighted by Crippen LogP contribution is -2.48. The molecule has 4 aromatic rings. The molecule has 0 aliphatic carbocycles. The Morgan fingerprint density at radius 2 is 1.74 bits per heavy atom. The number of hydrogen-bond acceptors (Lipinski definition) is 8. The molecular weight excluding hydrogens is 444 g/mol. The summed E-state index contributed by atoms with van der Waals surface area (Å²) in [4.78, 5) is 19.8. The average Bonchev–Trinajstić information content (AvgIpc) is 3.35. The van der Waals surface area contributed by atoms with Crippen molar-refractivity contribution in [2.24, 2.45) is 0 Å². The molecule has 0 amide bonds. The number of non-ortho nitro benzene ring substituents is 1. The van der Waals surface area contributed by atoms with Gasteiger partial charge in [-0.25, -0.2) is 4.68 Å². The van der Waals surface area contributed by atoms with E-state index < -0.39 is 0 Å². The van der Waals surface area contributed by atoms with Gasteiger partial charge in [0.1, 0.15) is 0 Å². The zero-order chi connectivity index (χ0) is 24.6. The van der Waals surface area contributed by atoms with Gasteiger partial charge in [0, 0.05) is 55.6 Å². The van der Waals surface area contributed by atoms with Crippen LogP contribution in [0.25, 0.3) is 10.9 Å². The summed E-state index contributed by atoms with van der Waals surface area (Å²) < 4.78 is 1.91. The van der Waals surface area contributed by atoms with Crippen LogP contribution < -0.4 is 4.90 Å². The van der Waals surface area contributed by atoms with Crippen LogP contribution in [0.4, 0.5) is 11.4 Å². The third-order valence-electron chi connectivity index (χ3n) is 6.42. The smallest absolute Gasteiger partial charge is 0.269 e. The van der Waals surface area contributed by atoms with E-state index in [0.29, 0.717) is 0 Å². The normalized spacial score (nSPS) is 15.9. The van der Waals surface area contributed by atoms with E-state index in [1.807, 2.05) is 22.9 Å².